The molecule has 1 amide bonds. The van der Waals surface area contributed by atoms with Crippen molar-refractivity contribution in [2.45, 2.75) is 19.8 Å². The summed E-state index contributed by atoms with van der Waals surface area (Å²) < 4.78 is 0. The SMILES string of the molecule is CCC1=CN2C(=O)C(C(=O)O)C=NC2=C2C=CCC=C12. The molecule has 0 spiro atoms. The average molecular weight is 270 g/mol. The molecule has 1 N–H and O–H groups in total. The Bertz CT molecular complexity index is 650. The number of allylic oxidation sites excluding steroid dienone is 6. The van der Waals surface area contributed by atoms with E-state index in [1.165, 1.54) is 11.1 Å². The zero-order valence-electron chi connectivity index (χ0n) is 11.0. The molecule has 0 fully saturated rings. The van der Waals surface area contributed by atoms with Crippen molar-refractivity contribution in [1.82, 2.24) is 4.90 Å². The van der Waals surface area contributed by atoms with Crippen molar-refractivity contribution in [3.63, 3.8) is 0 Å². The van der Waals surface area contributed by atoms with Crippen LogP contribution in [0.3, 0.4) is 0 Å². The number of rotatable bonds is 2. The van der Waals surface area contributed by atoms with E-state index >= 15 is 0 Å². The first-order valence-electron chi connectivity index (χ1n) is 6.56. The zero-order chi connectivity index (χ0) is 14.3. The van der Waals surface area contributed by atoms with Gasteiger partial charge in [-0.15, -0.1) is 0 Å². The molecule has 5 heteroatoms. The summed E-state index contributed by atoms with van der Waals surface area (Å²) >= 11 is 0. The molecule has 102 valence electrons. The Balaban J connectivity index is 2.15. The summed E-state index contributed by atoms with van der Waals surface area (Å²) in [6.45, 7) is 2.01. The molecule has 2 heterocycles. The van der Waals surface area contributed by atoms with E-state index in [1.54, 1.807) is 6.20 Å². The Labute approximate surface area is 116 Å². The number of aliphatic imine (C=N–C) groups is 1. The van der Waals surface area contributed by atoms with Gasteiger partial charge in [0.25, 0.3) is 5.91 Å². The summed E-state index contributed by atoms with van der Waals surface area (Å²) in [5, 5.41) is 9.05. The summed E-state index contributed by atoms with van der Waals surface area (Å²) in [5.74, 6) is -2.31. The van der Waals surface area contributed by atoms with Crippen LogP contribution in [-0.2, 0) is 9.59 Å². The van der Waals surface area contributed by atoms with Gasteiger partial charge in [-0.05, 0) is 24.0 Å². The van der Waals surface area contributed by atoms with Crippen LogP contribution in [0.2, 0.25) is 0 Å². The number of hydrogen-bond donors (Lipinski definition) is 1. The fourth-order valence-corrected chi connectivity index (χ4v) is 2.60. The van der Waals surface area contributed by atoms with Gasteiger partial charge in [0.15, 0.2) is 5.92 Å². The van der Waals surface area contributed by atoms with E-state index in [-0.39, 0.29) is 0 Å². The molecule has 0 bridgehead atoms. The van der Waals surface area contributed by atoms with E-state index in [0.717, 1.165) is 29.6 Å². The predicted octanol–water partition coefficient (Wildman–Crippen LogP) is 2.01. The minimum atomic E-state index is -1.20. The fraction of sp³-hybridized carbons (Fsp3) is 0.267. The van der Waals surface area contributed by atoms with Gasteiger partial charge in [0.1, 0.15) is 5.82 Å². The van der Waals surface area contributed by atoms with E-state index in [4.69, 9.17) is 5.11 Å². The number of carbonyl (C=O) groups is 2. The molecule has 0 saturated carbocycles. The van der Waals surface area contributed by atoms with Crippen molar-refractivity contribution < 1.29 is 14.7 Å². The molecular weight excluding hydrogens is 256 g/mol. The maximum Gasteiger partial charge on any atom is 0.321 e. The summed E-state index contributed by atoms with van der Waals surface area (Å²) in [4.78, 5) is 28.9. The van der Waals surface area contributed by atoms with Crippen molar-refractivity contribution >= 4 is 18.1 Å². The summed E-state index contributed by atoms with van der Waals surface area (Å²) in [5.41, 5.74) is 3.02. The van der Waals surface area contributed by atoms with Gasteiger partial charge < -0.3 is 5.11 Å². The second kappa shape index (κ2) is 4.59. The summed E-state index contributed by atoms with van der Waals surface area (Å²) in [6.07, 6.45) is 10.6. The van der Waals surface area contributed by atoms with Crippen molar-refractivity contribution in [2.75, 3.05) is 0 Å². The van der Waals surface area contributed by atoms with Gasteiger partial charge in [0.05, 0.1) is 0 Å². The summed E-state index contributed by atoms with van der Waals surface area (Å²) in [7, 11) is 0. The molecule has 0 aromatic rings. The Morgan fingerprint density at radius 2 is 2.35 bits per heavy atom. The van der Waals surface area contributed by atoms with Crippen LogP contribution in [0.15, 0.2) is 52.0 Å². The Hall–Kier alpha value is -2.43. The molecule has 0 aromatic heterocycles. The van der Waals surface area contributed by atoms with E-state index in [0.29, 0.717) is 5.82 Å². The molecule has 0 radical (unpaired) electrons. The molecule has 1 atom stereocenters. The minimum Gasteiger partial charge on any atom is -0.480 e. The van der Waals surface area contributed by atoms with Crippen LogP contribution in [0.4, 0.5) is 0 Å². The van der Waals surface area contributed by atoms with Crippen LogP contribution in [0.5, 0.6) is 0 Å². The number of amides is 1. The van der Waals surface area contributed by atoms with E-state index in [9.17, 15) is 9.59 Å². The number of carboxylic acid groups (broad SMARTS) is 1. The van der Waals surface area contributed by atoms with Crippen molar-refractivity contribution in [2.24, 2.45) is 10.9 Å². The molecule has 0 saturated heterocycles. The Morgan fingerprint density at radius 1 is 1.55 bits per heavy atom. The van der Waals surface area contributed by atoms with Crippen molar-refractivity contribution in [1.29, 1.82) is 0 Å². The minimum absolute atomic E-state index is 0.459. The first-order chi connectivity index (χ1) is 9.63. The van der Waals surface area contributed by atoms with Crippen LogP contribution in [-0.4, -0.2) is 28.1 Å². The van der Waals surface area contributed by atoms with Gasteiger partial charge >= 0.3 is 5.97 Å². The number of fused-ring (bicyclic) bond motifs is 2. The molecule has 1 unspecified atom stereocenters. The molecule has 0 aromatic carbocycles. The Kier molecular flexibility index (Phi) is 2.89. The van der Waals surface area contributed by atoms with Gasteiger partial charge in [0, 0.05) is 18.0 Å². The van der Waals surface area contributed by atoms with Crippen molar-refractivity contribution in [3.8, 4) is 0 Å². The highest BCUT2D eigenvalue weighted by atomic mass is 16.4. The average Bonchev–Trinajstić information content (AvgIpc) is 2.46. The number of aliphatic carboxylic acids is 1. The summed E-state index contributed by atoms with van der Waals surface area (Å²) in [6, 6.07) is 0. The van der Waals surface area contributed by atoms with E-state index in [1.807, 2.05) is 19.1 Å². The molecule has 1 aliphatic carbocycles. The smallest absolute Gasteiger partial charge is 0.321 e. The maximum absolute atomic E-state index is 12.3. The van der Waals surface area contributed by atoms with E-state index < -0.39 is 17.8 Å². The van der Waals surface area contributed by atoms with Crippen LogP contribution >= 0.6 is 0 Å². The normalized spacial score (nSPS) is 24.1. The lowest BCUT2D eigenvalue weighted by Crippen LogP contribution is -2.41. The molecule has 20 heavy (non-hydrogen) atoms. The topological polar surface area (TPSA) is 70.0 Å². The first-order valence-corrected chi connectivity index (χ1v) is 6.56. The lowest BCUT2D eigenvalue weighted by Gasteiger charge is -2.33. The third kappa shape index (κ3) is 1.74. The number of hydrogen-bond acceptors (Lipinski definition) is 3. The Morgan fingerprint density at radius 3 is 3.05 bits per heavy atom. The van der Waals surface area contributed by atoms with Crippen LogP contribution < -0.4 is 0 Å². The van der Waals surface area contributed by atoms with Crippen LogP contribution in [0.1, 0.15) is 19.8 Å². The van der Waals surface area contributed by atoms with Gasteiger partial charge in [-0.3, -0.25) is 14.5 Å². The predicted molar refractivity (Wildman–Crippen MR) is 73.7 cm³/mol. The fourth-order valence-electron chi connectivity index (χ4n) is 2.60. The highest BCUT2D eigenvalue weighted by molar-refractivity contribution is 6.13. The van der Waals surface area contributed by atoms with Gasteiger partial charge in [-0.25, -0.2) is 4.99 Å². The van der Waals surface area contributed by atoms with Gasteiger partial charge in [-0.1, -0.05) is 25.2 Å². The first kappa shape index (κ1) is 12.6. The third-order valence-corrected chi connectivity index (χ3v) is 3.63. The number of carbonyl (C=O) groups excluding carboxylic acids is 1. The highest BCUT2D eigenvalue weighted by Crippen LogP contribution is 2.37. The molecule has 5 nitrogen and oxygen atoms in total. The molecule has 3 rings (SSSR count). The lowest BCUT2D eigenvalue weighted by atomic mass is 9.88. The van der Waals surface area contributed by atoms with Crippen LogP contribution in [0, 0.1) is 5.92 Å². The maximum atomic E-state index is 12.3. The monoisotopic (exact) mass is 270 g/mol. The van der Waals surface area contributed by atoms with Gasteiger partial charge in [0.2, 0.25) is 0 Å². The lowest BCUT2D eigenvalue weighted by molar-refractivity contribution is -0.146. The second-order valence-electron chi connectivity index (χ2n) is 4.80. The number of nitrogens with zero attached hydrogens (tertiary/aromatic N) is 2. The van der Waals surface area contributed by atoms with Gasteiger partial charge in [-0.2, -0.15) is 0 Å². The van der Waals surface area contributed by atoms with Crippen LogP contribution in [0.25, 0.3) is 0 Å². The molecule has 2 aliphatic heterocycles. The quantitative estimate of drug-likeness (QED) is 0.780. The largest absolute Gasteiger partial charge is 0.480 e. The number of carboxylic acids is 1. The highest BCUT2D eigenvalue weighted by Gasteiger charge is 2.37. The standard InChI is InChI=1S/C15H14N2O3/c1-2-9-8-17-13(11-6-4-3-5-10(9)11)16-7-12(14(17)18)15(19)20/h4-8,12H,2-3H2,1H3,(H,19,20). The zero-order valence-corrected chi connectivity index (χ0v) is 11.0. The second-order valence-corrected chi connectivity index (χ2v) is 4.80. The van der Waals surface area contributed by atoms with E-state index in [2.05, 4.69) is 11.1 Å². The molecule has 3 aliphatic rings. The third-order valence-electron chi connectivity index (χ3n) is 3.63. The molecular formula is C15H14N2O3. The van der Waals surface area contributed by atoms with Crippen molar-refractivity contribution in [3.05, 3.63) is 47.0 Å².